The molecule has 0 saturated heterocycles. The van der Waals surface area contributed by atoms with Crippen molar-refractivity contribution in [2.24, 2.45) is 0 Å². The van der Waals surface area contributed by atoms with Gasteiger partial charge < -0.3 is 14.6 Å². The Morgan fingerprint density at radius 3 is 2.52 bits per heavy atom. The van der Waals surface area contributed by atoms with Gasteiger partial charge in [0.1, 0.15) is 11.6 Å². The SMILES string of the molecule is O=C(O)C(O)=CC(=O)c1ccc(-c2ccc(F)c(Cl)c2)o1. The molecule has 0 aliphatic heterocycles. The Morgan fingerprint density at radius 2 is 1.90 bits per heavy atom. The van der Waals surface area contributed by atoms with Crippen molar-refractivity contribution in [1.82, 2.24) is 0 Å². The molecule has 0 spiro atoms. The average Bonchev–Trinajstić information content (AvgIpc) is 2.91. The van der Waals surface area contributed by atoms with Crippen LogP contribution in [0.2, 0.25) is 5.02 Å². The van der Waals surface area contributed by atoms with Crippen LogP contribution in [0.15, 0.2) is 46.6 Å². The highest BCUT2D eigenvalue weighted by Crippen LogP contribution is 2.26. The second kappa shape index (κ2) is 5.80. The fourth-order valence-electron chi connectivity index (χ4n) is 1.53. The van der Waals surface area contributed by atoms with Crippen LogP contribution in [0.1, 0.15) is 10.6 Å². The van der Waals surface area contributed by atoms with Crippen molar-refractivity contribution >= 4 is 23.4 Å². The topological polar surface area (TPSA) is 87.7 Å². The summed E-state index contributed by atoms with van der Waals surface area (Å²) in [5.41, 5.74) is 0.451. The number of hydrogen-bond donors (Lipinski definition) is 2. The summed E-state index contributed by atoms with van der Waals surface area (Å²) < 4.78 is 18.3. The Kier molecular flexibility index (Phi) is 4.09. The number of allylic oxidation sites excluding steroid dienone is 1. The minimum Gasteiger partial charge on any atom is -0.502 e. The summed E-state index contributed by atoms with van der Waals surface area (Å²) in [5.74, 6) is -4.03. The number of benzene rings is 1. The summed E-state index contributed by atoms with van der Waals surface area (Å²) >= 11 is 5.65. The Morgan fingerprint density at radius 1 is 1.19 bits per heavy atom. The van der Waals surface area contributed by atoms with Gasteiger partial charge in [0, 0.05) is 11.6 Å². The zero-order valence-electron chi connectivity index (χ0n) is 10.3. The highest BCUT2D eigenvalue weighted by Gasteiger charge is 2.14. The lowest BCUT2D eigenvalue weighted by Crippen LogP contribution is -2.03. The first kappa shape index (κ1) is 14.8. The van der Waals surface area contributed by atoms with E-state index in [4.69, 9.17) is 26.2 Å². The highest BCUT2D eigenvalue weighted by molar-refractivity contribution is 6.31. The second-order valence-electron chi connectivity index (χ2n) is 3.99. The number of aliphatic carboxylic acids is 1. The van der Waals surface area contributed by atoms with Gasteiger partial charge >= 0.3 is 5.97 Å². The second-order valence-corrected chi connectivity index (χ2v) is 4.40. The first-order valence-corrected chi connectivity index (χ1v) is 6.00. The van der Waals surface area contributed by atoms with Crippen molar-refractivity contribution in [2.75, 3.05) is 0 Å². The van der Waals surface area contributed by atoms with Crippen molar-refractivity contribution in [3.8, 4) is 11.3 Å². The van der Waals surface area contributed by atoms with Gasteiger partial charge in [0.2, 0.25) is 11.5 Å². The Balaban J connectivity index is 2.29. The van der Waals surface area contributed by atoms with E-state index in [1.807, 2.05) is 0 Å². The van der Waals surface area contributed by atoms with E-state index in [0.717, 1.165) is 6.07 Å². The number of carboxylic acids is 1. The van der Waals surface area contributed by atoms with Gasteiger partial charge in [0.25, 0.3) is 0 Å². The number of carbonyl (C=O) groups is 2. The van der Waals surface area contributed by atoms with Crippen molar-refractivity contribution in [3.63, 3.8) is 0 Å². The largest absolute Gasteiger partial charge is 0.502 e. The molecule has 2 N–H and O–H groups in total. The first-order valence-electron chi connectivity index (χ1n) is 5.62. The molecule has 0 atom stereocenters. The molecule has 108 valence electrons. The molecule has 0 amide bonds. The molecule has 2 rings (SSSR count). The molecule has 0 fully saturated rings. The van der Waals surface area contributed by atoms with E-state index in [9.17, 15) is 14.0 Å². The Hall–Kier alpha value is -2.60. The third-order valence-corrected chi connectivity index (χ3v) is 2.83. The van der Waals surface area contributed by atoms with Crippen LogP contribution in [0.4, 0.5) is 4.39 Å². The molecule has 0 aliphatic carbocycles. The van der Waals surface area contributed by atoms with Gasteiger partial charge in [-0.25, -0.2) is 9.18 Å². The number of ketones is 1. The number of furan rings is 1. The predicted octanol–water partition coefficient (Wildman–Crippen LogP) is 3.45. The molecule has 1 aromatic heterocycles. The van der Waals surface area contributed by atoms with E-state index in [2.05, 4.69) is 0 Å². The standard InChI is InChI=1S/C14H8ClFO5/c15-8-5-7(1-2-9(8)16)12-3-4-13(21-12)10(17)6-11(18)14(19)20/h1-6,18H,(H,19,20). The van der Waals surface area contributed by atoms with Gasteiger partial charge in [-0.2, -0.15) is 0 Å². The van der Waals surface area contributed by atoms with Crippen LogP contribution in [-0.4, -0.2) is 22.0 Å². The number of carboxylic acid groups (broad SMARTS) is 1. The van der Waals surface area contributed by atoms with E-state index in [1.54, 1.807) is 0 Å². The molecule has 0 bridgehead atoms. The van der Waals surface area contributed by atoms with Crippen LogP contribution in [0, 0.1) is 5.82 Å². The van der Waals surface area contributed by atoms with Gasteiger partial charge in [-0.3, -0.25) is 4.79 Å². The molecule has 0 radical (unpaired) electrons. The molecule has 1 aromatic carbocycles. The molecule has 2 aromatic rings. The maximum absolute atomic E-state index is 13.1. The van der Waals surface area contributed by atoms with Gasteiger partial charge in [-0.05, 0) is 30.3 Å². The van der Waals surface area contributed by atoms with E-state index in [1.165, 1.54) is 24.3 Å². The number of rotatable bonds is 4. The number of carbonyl (C=O) groups excluding carboxylic acids is 1. The fourth-order valence-corrected chi connectivity index (χ4v) is 1.71. The summed E-state index contributed by atoms with van der Waals surface area (Å²) in [5, 5.41) is 17.4. The van der Waals surface area contributed by atoms with Crippen LogP contribution < -0.4 is 0 Å². The first-order chi connectivity index (χ1) is 9.88. The van der Waals surface area contributed by atoms with E-state index in [-0.39, 0.29) is 16.5 Å². The summed E-state index contributed by atoms with van der Waals surface area (Å²) in [6.07, 6.45) is 0.530. The van der Waals surface area contributed by atoms with Crippen molar-refractivity contribution in [3.05, 3.63) is 58.8 Å². The maximum Gasteiger partial charge on any atom is 0.371 e. The zero-order valence-corrected chi connectivity index (χ0v) is 11.1. The van der Waals surface area contributed by atoms with Gasteiger partial charge in [0.05, 0.1) is 5.02 Å². The summed E-state index contributed by atoms with van der Waals surface area (Å²) in [6, 6.07) is 6.65. The van der Waals surface area contributed by atoms with E-state index in [0.29, 0.717) is 11.6 Å². The zero-order chi connectivity index (χ0) is 15.6. The highest BCUT2D eigenvalue weighted by atomic mass is 35.5. The van der Waals surface area contributed by atoms with Crippen LogP contribution in [0.5, 0.6) is 0 Å². The summed E-state index contributed by atoms with van der Waals surface area (Å²) in [6.45, 7) is 0. The third-order valence-electron chi connectivity index (χ3n) is 2.54. The van der Waals surface area contributed by atoms with Crippen LogP contribution in [0.3, 0.4) is 0 Å². The van der Waals surface area contributed by atoms with Gasteiger partial charge in [-0.15, -0.1) is 0 Å². The number of aliphatic hydroxyl groups excluding tert-OH is 1. The van der Waals surface area contributed by atoms with Crippen LogP contribution in [0.25, 0.3) is 11.3 Å². The number of hydrogen-bond acceptors (Lipinski definition) is 4. The average molecular weight is 311 g/mol. The van der Waals surface area contributed by atoms with Crippen LogP contribution >= 0.6 is 11.6 Å². The van der Waals surface area contributed by atoms with E-state index >= 15 is 0 Å². The molecular formula is C14H8ClFO5. The van der Waals surface area contributed by atoms with Crippen molar-refractivity contribution < 1.29 is 28.6 Å². The minimum absolute atomic E-state index is 0.0970. The summed E-state index contributed by atoms with van der Waals surface area (Å²) in [4.78, 5) is 22.1. The third kappa shape index (κ3) is 3.29. The molecule has 1 heterocycles. The van der Waals surface area contributed by atoms with Gasteiger partial charge in [-0.1, -0.05) is 11.6 Å². The molecular weight excluding hydrogens is 303 g/mol. The maximum atomic E-state index is 13.1. The lowest BCUT2D eigenvalue weighted by molar-refractivity contribution is -0.135. The number of aliphatic hydroxyl groups is 1. The predicted molar refractivity (Wildman–Crippen MR) is 71.8 cm³/mol. The summed E-state index contributed by atoms with van der Waals surface area (Å²) in [7, 11) is 0. The van der Waals surface area contributed by atoms with Crippen molar-refractivity contribution in [1.29, 1.82) is 0 Å². The smallest absolute Gasteiger partial charge is 0.371 e. The monoisotopic (exact) mass is 310 g/mol. The Labute approximate surface area is 122 Å². The molecule has 21 heavy (non-hydrogen) atoms. The van der Waals surface area contributed by atoms with Crippen molar-refractivity contribution in [2.45, 2.75) is 0 Å². The lowest BCUT2D eigenvalue weighted by Gasteiger charge is -1.99. The molecule has 7 heteroatoms. The molecule has 5 nitrogen and oxygen atoms in total. The molecule has 0 saturated carbocycles. The fraction of sp³-hybridized carbons (Fsp3) is 0. The van der Waals surface area contributed by atoms with E-state index < -0.39 is 23.3 Å². The lowest BCUT2D eigenvalue weighted by atomic mass is 10.2. The molecule has 0 aliphatic rings. The molecule has 0 unspecified atom stereocenters. The quantitative estimate of drug-likeness (QED) is 0.513. The Bertz CT molecular complexity index is 748. The normalized spacial score (nSPS) is 11.4. The van der Waals surface area contributed by atoms with Crippen LogP contribution in [-0.2, 0) is 4.79 Å². The number of halogens is 2. The van der Waals surface area contributed by atoms with Gasteiger partial charge in [0.15, 0.2) is 5.76 Å². The minimum atomic E-state index is -1.62.